The van der Waals surface area contributed by atoms with Crippen molar-refractivity contribution in [1.29, 1.82) is 0 Å². The summed E-state index contributed by atoms with van der Waals surface area (Å²) in [6.45, 7) is 1.85. The number of aryl methyl sites for hydroxylation is 2. The number of carbonyl (C=O) groups is 1. The van der Waals surface area contributed by atoms with Crippen LogP contribution in [-0.2, 0) is 6.42 Å². The monoisotopic (exact) mass is 574 g/mol. The fourth-order valence-electron chi connectivity index (χ4n) is 5.89. The largest absolute Gasteiger partial charge is 0.497 e. The van der Waals surface area contributed by atoms with Crippen LogP contribution in [0.4, 0.5) is 0 Å². The van der Waals surface area contributed by atoms with Crippen LogP contribution >= 0.6 is 11.3 Å². The van der Waals surface area contributed by atoms with Gasteiger partial charge in [0.05, 0.1) is 28.9 Å². The normalized spacial score (nSPS) is 16.0. The average Bonchev–Trinajstić information content (AvgIpc) is 3.60. The van der Waals surface area contributed by atoms with Crippen molar-refractivity contribution in [3.05, 3.63) is 138 Å². The first-order chi connectivity index (χ1) is 20.4. The molecule has 7 rings (SSSR count). The molecule has 1 aliphatic carbocycles. The molecule has 0 amide bonds. The Morgan fingerprint density at radius 1 is 1.05 bits per heavy atom. The smallest absolute Gasteiger partial charge is 0.335 e. The average molecular weight is 575 g/mol. The number of methoxy groups -OCH3 is 1. The van der Waals surface area contributed by atoms with Gasteiger partial charge in [0.1, 0.15) is 17.3 Å². The molecule has 1 aliphatic heterocycles. The van der Waals surface area contributed by atoms with Crippen LogP contribution in [-0.4, -0.2) is 22.8 Å². The van der Waals surface area contributed by atoms with Crippen molar-refractivity contribution in [1.82, 2.24) is 4.57 Å². The standard InChI is InChI=1S/C34H26N2O5S/c1-19-17-22(33(38)39)10-14-25(19)28-16-13-24(41-28)18-29-32(37)36-31(21-7-11-23(40-2)12-8-21)27-15-9-20-5-3-4-6-26(20)30(27)35-34(36)42-29/h3-8,10-14,16-18,31H,9,15H2,1-2H3,(H,38,39). The molecule has 1 atom stereocenters. The third kappa shape index (κ3) is 4.31. The summed E-state index contributed by atoms with van der Waals surface area (Å²) in [5.41, 5.74) is 7.17. The third-order valence-electron chi connectivity index (χ3n) is 7.94. The Labute approximate surface area is 245 Å². The molecule has 7 nitrogen and oxygen atoms in total. The number of thiazole rings is 1. The zero-order valence-corrected chi connectivity index (χ0v) is 23.8. The molecule has 8 heteroatoms. The first-order valence-electron chi connectivity index (χ1n) is 13.6. The molecule has 1 N–H and O–H groups in total. The van der Waals surface area contributed by atoms with E-state index >= 15 is 0 Å². The van der Waals surface area contributed by atoms with E-state index in [9.17, 15) is 14.7 Å². The van der Waals surface area contributed by atoms with Crippen molar-refractivity contribution in [3.63, 3.8) is 0 Å². The quantitative estimate of drug-likeness (QED) is 0.295. The van der Waals surface area contributed by atoms with Gasteiger partial charge in [-0.05, 0) is 78.4 Å². The predicted octanol–water partition coefficient (Wildman–Crippen LogP) is 5.59. The van der Waals surface area contributed by atoms with E-state index in [1.54, 1.807) is 31.4 Å². The van der Waals surface area contributed by atoms with E-state index in [0.717, 1.165) is 52.1 Å². The molecule has 5 aromatic rings. The van der Waals surface area contributed by atoms with E-state index in [-0.39, 0.29) is 17.2 Å². The molecule has 208 valence electrons. The topological polar surface area (TPSA) is 94.0 Å². The van der Waals surface area contributed by atoms with Gasteiger partial charge >= 0.3 is 5.97 Å². The minimum atomic E-state index is -0.974. The van der Waals surface area contributed by atoms with E-state index in [0.29, 0.717) is 20.9 Å². The summed E-state index contributed by atoms with van der Waals surface area (Å²) < 4.78 is 13.8. The first kappa shape index (κ1) is 26.0. The highest BCUT2D eigenvalue weighted by molar-refractivity contribution is 7.07. The molecule has 1 unspecified atom stereocenters. The number of aromatic carboxylic acids is 1. The maximum Gasteiger partial charge on any atom is 0.335 e. The molecule has 0 radical (unpaired) electrons. The zero-order valence-electron chi connectivity index (χ0n) is 23.0. The van der Waals surface area contributed by atoms with Gasteiger partial charge in [-0.1, -0.05) is 53.8 Å². The Hall–Kier alpha value is -4.95. The van der Waals surface area contributed by atoms with E-state index in [1.807, 2.05) is 54.0 Å². The van der Waals surface area contributed by atoms with Gasteiger partial charge in [0.15, 0.2) is 4.80 Å². The molecule has 0 saturated heterocycles. The SMILES string of the molecule is COc1ccc(C2C3=C(N=c4sc(=Cc5ccc(-c6ccc(C(=O)O)cc6C)o5)c(=O)n42)c2ccccc2CC3)cc1. The maximum atomic E-state index is 14.0. The molecule has 0 spiro atoms. The fraction of sp³-hybridized carbons (Fsp3) is 0.147. The Bertz CT molecular complexity index is 2100. The van der Waals surface area contributed by atoms with Crippen LogP contribution in [0.3, 0.4) is 0 Å². The summed E-state index contributed by atoms with van der Waals surface area (Å²) in [5, 5.41) is 9.29. The summed E-state index contributed by atoms with van der Waals surface area (Å²) >= 11 is 1.35. The van der Waals surface area contributed by atoms with Gasteiger partial charge in [0.25, 0.3) is 5.56 Å². The van der Waals surface area contributed by atoms with Crippen LogP contribution in [0.5, 0.6) is 5.75 Å². The van der Waals surface area contributed by atoms with Crippen molar-refractivity contribution in [2.75, 3.05) is 7.11 Å². The number of hydrogen-bond acceptors (Lipinski definition) is 6. The van der Waals surface area contributed by atoms with E-state index < -0.39 is 5.97 Å². The Balaban J connectivity index is 1.36. The summed E-state index contributed by atoms with van der Waals surface area (Å²) in [5.74, 6) is 0.924. The lowest BCUT2D eigenvalue weighted by atomic mass is 9.83. The molecular weight excluding hydrogens is 548 g/mol. The summed E-state index contributed by atoms with van der Waals surface area (Å²) in [7, 11) is 1.64. The lowest BCUT2D eigenvalue weighted by molar-refractivity contribution is 0.0696. The van der Waals surface area contributed by atoms with Crippen molar-refractivity contribution >= 4 is 29.1 Å². The molecule has 0 bridgehead atoms. The predicted molar refractivity (Wildman–Crippen MR) is 162 cm³/mol. The van der Waals surface area contributed by atoms with Gasteiger partial charge in [-0.2, -0.15) is 0 Å². The first-order valence-corrected chi connectivity index (χ1v) is 14.4. The van der Waals surface area contributed by atoms with Gasteiger partial charge in [-0.15, -0.1) is 0 Å². The number of rotatable bonds is 5. The van der Waals surface area contributed by atoms with Gasteiger partial charge in [-0.3, -0.25) is 9.36 Å². The summed E-state index contributed by atoms with van der Waals surface area (Å²) in [6, 6.07) is 24.6. The number of allylic oxidation sites excluding steroid dienone is 1. The number of hydrogen-bond donors (Lipinski definition) is 1. The van der Waals surface area contributed by atoms with Crippen LogP contribution in [0.1, 0.15) is 50.8 Å². The highest BCUT2D eigenvalue weighted by Gasteiger charge is 2.32. The number of fused-ring (bicyclic) bond motifs is 3. The number of benzene rings is 3. The number of nitrogens with zero attached hydrogens (tertiary/aromatic N) is 2. The number of ether oxygens (including phenoxy) is 1. The van der Waals surface area contributed by atoms with Crippen molar-refractivity contribution in [2.45, 2.75) is 25.8 Å². The Morgan fingerprint density at radius 2 is 1.86 bits per heavy atom. The van der Waals surface area contributed by atoms with Crippen molar-refractivity contribution < 1.29 is 19.1 Å². The third-order valence-corrected chi connectivity index (χ3v) is 8.93. The summed E-state index contributed by atoms with van der Waals surface area (Å²) in [6.07, 6.45) is 3.47. The molecule has 3 heterocycles. The molecule has 42 heavy (non-hydrogen) atoms. The van der Waals surface area contributed by atoms with E-state index in [2.05, 4.69) is 18.2 Å². The lowest BCUT2D eigenvalue weighted by Gasteiger charge is -2.30. The minimum absolute atomic E-state index is 0.120. The van der Waals surface area contributed by atoms with Crippen LogP contribution < -0.4 is 19.6 Å². The van der Waals surface area contributed by atoms with Gasteiger partial charge in [0.2, 0.25) is 0 Å². The molecule has 2 aromatic heterocycles. The highest BCUT2D eigenvalue weighted by atomic mass is 32.1. The van der Waals surface area contributed by atoms with Gasteiger partial charge in [-0.25, -0.2) is 9.79 Å². The van der Waals surface area contributed by atoms with Gasteiger partial charge < -0.3 is 14.3 Å². The van der Waals surface area contributed by atoms with Gasteiger partial charge in [0, 0.05) is 17.2 Å². The second-order valence-electron chi connectivity index (χ2n) is 10.4. The van der Waals surface area contributed by atoms with Crippen LogP contribution in [0.25, 0.3) is 23.1 Å². The molecule has 0 saturated carbocycles. The highest BCUT2D eigenvalue weighted by Crippen LogP contribution is 2.41. The molecule has 2 aliphatic rings. The number of aromatic nitrogens is 1. The Kier molecular flexibility index (Phi) is 6.28. The minimum Gasteiger partial charge on any atom is -0.497 e. The summed E-state index contributed by atoms with van der Waals surface area (Å²) in [4.78, 5) is 31.1. The van der Waals surface area contributed by atoms with Crippen LogP contribution in [0.2, 0.25) is 0 Å². The maximum absolute atomic E-state index is 14.0. The number of furan rings is 1. The van der Waals surface area contributed by atoms with Crippen molar-refractivity contribution in [3.8, 4) is 17.1 Å². The second kappa shape index (κ2) is 10.2. The number of carboxylic acid groups (broad SMARTS) is 1. The lowest BCUT2D eigenvalue weighted by Crippen LogP contribution is -2.38. The second-order valence-corrected chi connectivity index (χ2v) is 11.4. The zero-order chi connectivity index (χ0) is 29.0. The Morgan fingerprint density at radius 3 is 2.62 bits per heavy atom. The van der Waals surface area contributed by atoms with E-state index in [4.69, 9.17) is 14.1 Å². The molecular formula is C34H26N2O5S. The molecule has 0 fully saturated rings. The fourth-order valence-corrected chi connectivity index (χ4v) is 6.87. The van der Waals surface area contributed by atoms with Crippen molar-refractivity contribution in [2.24, 2.45) is 4.99 Å². The number of carboxylic acids is 1. The van der Waals surface area contributed by atoms with Crippen LogP contribution in [0.15, 0.2) is 98.6 Å². The molecule has 3 aromatic carbocycles. The van der Waals surface area contributed by atoms with Crippen LogP contribution in [0, 0.1) is 6.92 Å². The van der Waals surface area contributed by atoms with E-state index in [1.165, 1.54) is 16.9 Å².